The third-order valence-corrected chi connectivity index (χ3v) is 7.47. The highest BCUT2D eigenvalue weighted by atomic mass is 16.7. The molecule has 15 heteroatoms. The molecule has 15 nitrogen and oxygen atoms in total. The second-order valence-corrected chi connectivity index (χ2v) is 10.6. The van der Waals surface area contributed by atoms with Crippen LogP contribution in [0.2, 0.25) is 0 Å². The van der Waals surface area contributed by atoms with Crippen LogP contribution >= 0.6 is 0 Å². The Labute approximate surface area is 258 Å². The van der Waals surface area contributed by atoms with Gasteiger partial charge in [-0.25, -0.2) is 4.79 Å². The number of ether oxygens (including phenoxy) is 6. The van der Waals surface area contributed by atoms with Gasteiger partial charge in [0.1, 0.15) is 36.6 Å². The van der Waals surface area contributed by atoms with E-state index in [1.165, 1.54) is 44.4 Å². The zero-order valence-corrected chi connectivity index (χ0v) is 24.4. The molecule has 0 bridgehead atoms. The van der Waals surface area contributed by atoms with Gasteiger partial charge in [0.2, 0.25) is 0 Å². The molecule has 0 aliphatic carbocycles. The van der Waals surface area contributed by atoms with Gasteiger partial charge in [-0.05, 0) is 54.8 Å². The number of aromatic hydroxyl groups is 3. The highest BCUT2D eigenvalue weighted by Crippen LogP contribution is 2.32. The Morgan fingerprint density at radius 1 is 0.867 bits per heavy atom. The van der Waals surface area contributed by atoms with Gasteiger partial charge >= 0.3 is 5.97 Å². The van der Waals surface area contributed by atoms with Crippen LogP contribution in [0.4, 0.5) is 0 Å². The van der Waals surface area contributed by atoms with Crippen molar-refractivity contribution >= 4 is 12.0 Å². The Balaban J connectivity index is 1.52. The average Bonchev–Trinajstić information content (AvgIpc) is 3.02. The summed E-state index contributed by atoms with van der Waals surface area (Å²) in [6, 6.07) is 8.54. The molecule has 0 saturated carbocycles. The maximum atomic E-state index is 12.8. The molecule has 8 N–H and O–H groups in total. The molecule has 0 spiro atoms. The number of carbonyl (C=O) groups excluding carboxylic acids is 1. The van der Waals surface area contributed by atoms with E-state index in [1.54, 1.807) is 12.1 Å². The third kappa shape index (κ3) is 8.21. The van der Waals surface area contributed by atoms with Crippen LogP contribution in [-0.2, 0) is 34.9 Å². The number of hydrogen-bond donors (Lipinski definition) is 8. The van der Waals surface area contributed by atoms with Crippen molar-refractivity contribution in [2.75, 3.05) is 20.3 Å². The lowest BCUT2D eigenvalue weighted by Gasteiger charge is -2.46. The number of carbonyl (C=O) groups is 1. The van der Waals surface area contributed by atoms with Gasteiger partial charge in [-0.1, -0.05) is 12.1 Å². The third-order valence-electron chi connectivity index (χ3n) is 7.47. The van der Waals surface area contributed by atoms with E-state index in [9.17, 15) is 45.6 Å². The van der Waals surface area contributed by atoms with Crippen molar-refractivity contribution in [1.29, 1.82) is 0 Å². The molecule has 45 heavy (non-hydrogen) atoms. The molecule has 2 aromatic carbocycles. The fraction of sp³-hybridized carbons (Fsp3) is 0.500. The molecule has 10 atom stereocenters. The predicted molar refractivity (Wildman–Crippen MR) is 152 cm³/mol. The molecule has 2 aliphatic heterocycles. The summed E-state index contributed by atoms with van der Waals surface area (Å²) in [5.74, 6) is -1.53. The number of phenolic OH excluding ortho intramolecular Hbond substituents is 3. The van der Waals surface area contributed by atoms with E-state index >= 15 is 0 Å². The number of methoxy groups -OCH3 is 1. The molecular weight excluding hydrogens is 600 g/mol. The molecular formula is C30H38O15. The smallest absolute Gasteiger partial charge is 0.331 e. The van der Waals surface area contributed by atoms with Gasteiger partial charge in [-0.3, -0.25) is 0 Å². The van der Waals surface area contributed by atoms with E-state index in [0.29, 0.717) is 12.0 Å². The van der Waals surface area contributed by atoms with Crippen molar-refractivity contribution < 1.29 is 74.1 Å². The Bertz CT molecular complexity index is 1320. The number of rotatable bonds is 11. The lowest BCUT2D eigenvalue weighted by molar-refractivity contribution is -0.357. The second kappa shape index (κ2) is 15.2. The van der Waals surface area contributed by atoms with Crippen LogP contribution in [0.1, 0.15) is 18.1 Å². The van der Waals surface area contributed by atoms with Crippen LogP contribution in [0.15, 0.2) is 42.5 Å². The second-order valence-electron chi connectivity index (χ2n) is 10.6. The van der Waals surface area contributed by atoms with Crippen LogP contribution in [0.25, 0.3) is 6.08 Å². The van der Waals surface area contributed by atoms with E-state index in [2.05, 4.69) is 0 Å². The van der Waals surface area contributed by atoms with E-state index in [4.69, 9.17) is 28.4 Å². The summed E-state index contributed by atoms with van der Waals surface area (Å²) in [6.45, 7) is 0.694. The Morgan fingerprint density at radius 2 is 1.60 bits per heavy atom. The van der Waals surface area contributed by atoms with Crippen molar-refractivity contribution in [1.82, 2.24) is 0 Å². The summed E-state index contributed by atoms with van der Waals surface area (Å²) in [7, 11) is 1.40. The minimum absolute atomic E-state index is 0.0162. The van der Waals surface area contributed by atoms with Crippen molar-refractivity contribution in [2.45, 2.75) is 74.8 Å². The Morgan fingerprint density at radius 3 is 2.29 bits per heavy atom. The van der Waals surface area contributed by atoms with E-state index in [-0.39, 0.29) is 23.9 Å². The highest BCUT2D eigenvalue weighted by molar-refractivity contribution is 5.87. The van der Waals surface area contributed by atoms with E-state index in [0.717, 1.165) is 11.6 Å². The zero-order chi connectivity index (χ0) is 32.8. The Hall–Kier alpha value is -3.51. The number of aliphatic hydroxyl groups excluding tert-OH is 5. The standard InChI is InChI=1S/C30H38O15/c1-14-23(36)24(37)25(38)30(42-14)45-28-26(39)29(41-10-9-16-4-7-18(33)20(12-16)40-2)43-21(13-31)27(28)44-22(35)8-5-15-3-6-17(32)19(34)11-15/h3-8,11-12,14,21,23-34,36-39H,9-10,13H2,1-2H3/b8-5+/t14-,21+,23+,24+,25+,26+,27+,28+,29+,30-/m0/s1. The van der Waals surface area contributed by atoms with E-state index in [1.807, 2.05) is 0 Å². The highest BCUT2D eigenvalue weighted by Gasteiger charge is 2.52. The first-order valence-corrected chi connectivity index (χ1v) is 14.1. The first-order valence-electron chi connectivity index (χ1n) is 14.1. The fourth-order valence-corrected chi connectivity index (χ4v) is 4.91. The van der Waals surface area contributed by atoms with Gasteiger partial charge in [-0.2, -0.15) is 0 Å². The van der Waals surface area contributed by atoms with Gasteiger partial charge in [0.25, 0.3) is 0 Å². The van der Waals surface area contributed by atoms with E-state index < -0.39 is 79.7 Å². The number of aliphatic hydroxyl groups is 5. The van der Waals surface area contributed by atoms with Gasteiger partial charge in [0.05, 0.1) is 26.4 Å². The number of hydrogen-bond acceptors (Lipinski definition) is 15. The zero-order valence-electron chi connectivity index (χ0n) is 24.4. The van der Waals surface area contributed by atoms with Crippen LogP contribution in [0, 0.1) is 0 Å². The number of phenols is 3. The van der Waals surface area contributed by atoms with Crippen molar-refractivity contribution in [3.05, 3.63) is 53.6 Å². The lowest BCUT2D eigenvalue weighted by atomic mass is 9.97. The molecule has 0 aromatic heterocycles. The number of esters is 1. The molecule has 248 valence electrons. The van der Waals surface area contributed by atoms with Gasteiger partial charge in [-0.15, -0.1) is 0 Å². The lowest BCUT2D eigenvalue weighted by Crippen LogP contribution is -2.65. The van der Waals surface area contributed by atoms with Crippen LogP contribution in [0.5, 0.6) is 23.0 Å². The molecule has 2 aliphatic rings. The molecule has 0 unspecified atom stereocenters. The predicted octanol–water partition coefficient (Wildman–Crippen LogP) is -0.713. The van der Waals surface area contributed by atoms with Crippen LogP contribution in [-0.4, -0.2) is 129 Å². The van der Waals surface area contributed by atoms with Crippen molar-refractivity contribution in [2.24, 2.45) is 0 Å². The largest absolute Gasteiger partial charge is 0.504 e. The normalized spacial score (nSPS) is 32.0. The monoisotopic (exact) mass is 638 g/mol. The quantitative estimate of drug-likeness (QED) is 0.0862. The molecule has 2 saturated heterocycles. The summed E-state index contributed by atoms with van der Waals surface area (Å²) in [5, 5.41) is 81.3. The fourth-order valence-electron chi connectivity index (χ4n) is 4.91. The minimum Gasteiger partial charge on any atom is -0.504 e. The average molecular weight is 639 g/mol. The molecule has 2 fully saturated rings. The first-order chi connectivity index (χ1) is 21.4. The summed E-state index contributed by atoms with van der Waals surface area (Å²) in [4.78, 5) is 12.8. The summed E-state index contributed by atoms with van der Waals surface area (Å²) >= 11 is 0. The van der Waals surface area contributed by atoms with Gasteiger partial charge in [0.15, 0.2) is 41.7 Å². The SMILES string of the molecule is COc1cc(CCO[C@@H]2O[C@H](CO)[C@@H](OC(=O)/C=C/c3ccc(O)c(O)c3)[C@H](O[C@@H]3O[C@@H](C)[C@@H](O)[C@@H](O)[C@H]3O)[C@H]2O)ccc1O. The molecule has 4 rings (SSSR count). The van der Waals surface area contributed by atoms with Gasteiger partial charge in [0, 0.05) is 6.08 Å². The van der Waals surface area contributed by atoms with Crippen LogP contribution < -0.4 is 4.74 Å². The molecule has 0 radical (unpaired) electrons. The van der Waals surface area contributed by atoms with Gasteiger partial charge < -0.3 is 69.3 Å². The summed E-state index contributed by atoms with van der Waals surface area (Å²) in [6.07, 6.45) is -12.3. The number of benzene rings is 2. The maximum absolute atomic E-state index is 12.8. The molecule has 2 heterocycles. The molecule has 0 amide bonds. The Kier molecular flexibility index (Phi) is 11.6. The first kappa shape index (κ1) is 34.4. The molecule has 2 aromatic rings. The van der Waals surface area contributed by atoms with Crippen molar-refractivity contribution in [3.63, 3.8) is 0 Å². The maximum Gasteiger partial charge on any atom is 0.331 e. The summed E-state index contributed by atoms with van der Waals surface area (Å²) < 4.78 is 33.5. The minimum atomic E-state index is -1.76. The van der Waals surface area contributed by atoms with Crippen molar-refractivity contribution in [3.8, 4) is 23.0 Å². The summed E-state index contributed by atoms with van der Waals surface area (Å²) in [5.41, 5.74) is 1.07. The van der Waals surface area contributed by atoms with Crippen LogP contribution in [0.3, 0.4) is 0 Å². The topological polar surface area (TPSA) is 234 Å².